The highest BCUT2D eigenvalue weighted by Gasteiger charge is 2.21. The predicted octanol–water partition coefficient (Wildman–Crippen LogP) is 3.56. The van der Waals surface area contributed by atoms with Gasteiger partial charge in [0.05, 0.1) is 4.92 Å². The second kappa shape index (κ2) is 9.49. The van der Waals surface area contributed by atoms with Crippen molar-refractivity contribution in [3.8, 4) is 5.75 Å². The van der Waals surface area contributed by atoms with Crippen LogP contribution >= 0.6 is 0 Å². The number of aryl methyl sites for hydroxylation is 1. The van der Waals surface area contributed by atoms with Gasteiger partial charge in [-0.25, -0.2) is 4.98 Å². The Labute approximate surface area is 189 Å². The predicted molar refractivity (Wildman–Crippen MR) is 124 cm³/mol. The first kappa shape index (κ1) is 22.0. The fourth-order valence-electron chi connectivity index (χ4n) is 3.48. The maximum absolute atomic E-state index is 12.6. The lowest BCUT2D eigenvalue weighted by Gasteiger charge is -2.15. The van der Waals surface area contributed by atoms with Crippen LogP contribution in [0, 0.1) is 10.1 Å². The highest BCUT2D eigenvalue weighted by atomic mass is 16.6. The molecule has 9 heteroatoms. The van der Waals surface area contributed by atoms with E-state index in [2.05, 4.69) is 10.3 Å². The minimum Gasteiger partial charge on any atom is -0.490 e. The number of aliphatic hydroxyl groups excluding tert-OH is 1. The van der Waals surface area contributed by atoms with Gasteiger partial charge in [-0.05, 0) is 23.6 Å². The van der Waals surface area contributed by atoms with Crippen molar-refractivity contribution in [1.29, 1.82) is 0 Å². The fourth-order valence-corrected chi connectivity index (χ4v) is 3.48. The maximum Gasteiger partial charge on any atom is 0.293 e. The zero-order chi connectivity index (χ0) is 23.4. The molecule has 2 N–H and O–H groups in total. The molecule has 9 nitrogen and oxygen atoms in total. The standard InChI is InChI=1S/C24H22N4O5/c1-27-12-11-25-24(27)23(30)17-9-10-20(21(13-17)28(31)32)26-14-18(29)15-33-22-8-4-6-16-5-2-3-7-19(16)22/h2-13,18,26,29H,14-15H2,1H3. The Bertz CT molecular complexity index is 1310. The molecule has 4 rings (SSSR count). The molecule has 0 spiro atoms. The number of nitro benzene ring substituents is 1. The Kier molecular flexibility index (Phi) is 6.32. The van der Waals surface area contributed by atoms with E-state index in [9.17, 15) is 20.0 Å². The molecule has 33 heavy (non-hydrogen) atoms. The number of benzene rings is 3. The van der Waals surface area contributed by atoms with Gasteiger partial charge in [-0.1, -0.05) is 36.4 Å². The number of carbonyl (C=O) groups is 1. The minimum absolute atomic E-state index is 0.00450. The van der Waals surface area contributed by atoms with E-state index >= 15 is 0 Å². The van der Waals surface area contributed by atoms with Crippen molar-refractivity contribution < 1.29 is 19.6 Å². The molecular formula is C24H22N4O5. The number of anilines is 1. The van der Waals surface area contributed by atoms with Gasteiger partial charge in [-0.15, -0.1) is 0 Å². The third-order valence-corrected chi connectivity index (χ3v) is 5.19. The van der Waals surface area contributed by atoms with Crippen LogP contribution in [0.25, 0.3) is 10.8 Å². The summed E-state index contributed by atoms with van der Waals surface area (Å²) in [5.41, 5.74) is 0.0826. The van der Waals surface area contributed by atoms with Gasteiger partial charge in [0.15, 0.2) is 5.82 Å². The lowest BCUT2D eigenvalue weighted by Crippen LogP contribution is -2.26. The Balaban J connectivity index is 1.42. The third-order valence-electron chi connectivity index (χ3n) is 5.19. The summed E-state index contributed by atoms with van der Waals surface area (Å²) in [6.07, 6.45) is 2.19. The van der Waals surface area contributed by atoms with E-state index < -0.39 is 16.8 Å². The number of imidazole rings is 1. The molecule has 0 saturated carbocycles. The minimum atomic E-state index is -0.919. The van der Waals surface area contributed by atoms with Crippen LogP contribution in [0.1, 0.15) is 16.2 Å². The number of rotatable bonds is 9. The second-order valence-electron chi connectivity index (χ2n) is 7.50. The summed E-state index contributed by atoms with van der Waals surface area (Å²) >= 11 is 0. The molecule has 1 unspecified atom stereocenters. The monoisotopic (exact) mass is 446 g/mol. The lowest BCUT2D eigenvalue weighted by molar-refractivity contribution is -0.384. The molecule has 0 saturated heterocycles. The molecule has 0 bridgehead atoms. The van der Waals surface area contributed by atoms with Crippen molar-refractivity contribution in [2.24, 2.45) is 7.05 Å². The first-order valence-electron chi connectivity index (χ1n) is 10.3. The van der Waals surface area contributed by atoms with Gasteiger partial charge in [-0.2, -0.15) is 0 Å². The van der Waals surface area contributed by atoms with Gasteiger partial charge in [0, 0.05) is 43.0 Å². The molecule has 0 aliphatic rings. The number of hydrogen-bond acceptors (Lipinski definition) is 7. The zero-order valence-electron chi connectivity index (χ0n) is 17.8. The Morgan fingerprint density at radius 1 is 1.21 bits per heavy atom. The molecule has 0 radical (unpaired) electrons. The van der Waals surface area contributed by atoms with Crippen LogP contribution in [0.2, 0.25) is 0 Å². The van der Waals surface area contributed by atoms with E-state index in [4.69, 9.17) is 4.74 Å². The highest BCUT2D eigenvalue weighted by Crippen LogP contribution is 2.27. The summed E-state index contributed by atoms with van der Waals surface area (Å²) in [5.74, 6) is 0.418. The number of aliphatic hydroxyl groups is 1. The van der Waals surface area contributed by atoms with Crippen LogP contribution in [-0.4, -0.2) is 44.6 Å². The molecule has 1 heterocycles. The number of nitrogens with zero attached hydrogens (tertiary/aromatic N) is 3. The van der Waals surface area contributed by atoms with E-state index in [-0.39, 0.29) is 35.9 Å². The molecule has 0 aliphatic carbocycles. The molecule has 168 valence electrons. The van der Waals surface area contributed by atoms with Crippen LogP contribution in [0.5, 0.6) is 5.75 Å². The number of ether oxygens (including phenoxy) is 1. The average molecular weight is 446 g/mol. The van der Waals surface area contributed by atoms with E-state index in [0.717, 1.165) is 10.8 Å². The second-order valence-corrected chi connectivity index (χ2v) is 7.50. The van der Waals surface area contributed by atoms with E-state index in [1.165, 1.54) is 24.4 Å². The quantitative estimate of drug-likeness (QED) is 0.229. The van der Waals surface area contributed by atoms with E-state index in [1.807, 2.05) is 42.5 Å². The summed E-state index contributed by atoms with van der Waals surface area (Å²) in [7, 11) is 1.67. The maximum atomic E-state index is 12.6. The van der Waals surface area contributed by atoms with E-state index in [1.54, 1.807) is 17.8 Å². The number of ketones is 1. The van der Waals surface area contributed by atoms with Crippen LogP contribution < -0.4 is 10.1 Å². The Hall–Kier alpha value is -4.24. The number of nitrogens with one attached hydrogen (secondary N) is 1. The topological polar surface area (TPSA) is 120 Å². The lowest BCUT2D eigenvalue weighted by atomic mass is 10.1. The summed E-state index contributed by atoms with van der Waals surface area (Å²) in [6.45, 7) is 0.0306. The molecule has 1 atom stereocenters. The van der Waals surface area contributed by atoms with Crippen molar-refractivity contribution in [2.75, 3.05) is 18.5 Å². The van der Waals surface area contributed by atoms with Gasteiger partial charge in [0.25, 0.3) is 5.69 Å². The fraction of sp³-hybridized carbons (Fsp3) is 0.167. The molecule has 4 aromatic rings. The summed E-state index contributed by atoms with van der Waals surface area (Å²) in [4.78, 5) is 27.6. The van der Waals surface area contributed by atoms with Crippen molar-refractivity contribution in [1.82, 2.24) is 9.55 Å². The number of fused-ring (bicyclic) bond motifs is 1. The molecular weight excluding hydrogens is 424 g/mol. The molecule has 0 fully saturated rings. The number of hydrogen-bond donors (Lipinski definition) is 2. The van der Waals surface area contributed by atoms with Gasteiger partial charge in [0.2, 0.25) is 5.78 Å². The third kappa shape index (κ3) is 4.83. The SMILES string of the molecule is Cn1ccnc1C(=O)c1ccc(NCC(O)COc2cccc3ccccc23)c([N+](=O)[O-])c1. The summed E-state index contributed by atoms with van der Waals surface area (Å²) < 4.78 is 7.32. The van der Waals surface area contributed by atoms with Crippen molar-refractivity contribution in [3.05, 3.63) is 94.6 Å². The van der Waals surface area contributed by atoms with Crippen molar-refractivity contribution in [2.45, 2.75) is 6.10 Å². The largest absolute Gasteiger partial charge is 0.490 e. The van der Waals surface area contributed by atoms with Crippen LogP contribution in [0.3, 0.4) is 0 Å². The molecule has 1 aromatic heterocycles. The smallest absolute Gasteiger partial charge is 0.293 e. The first-order valence-corrected chi connectivity index (χ1v) is 10.3. The zero-order valence-corrected chi connectivity index (χ0v) is 17.8. The summed E-state index contributed by atoms with van der Waals surface area (Å²) in [6, 6.07) is 17.6. The van der Waals surface area contributed by atoms with Gasteiger partial charge in [-0.3, -0.25) is 14.9 Å². The molecule has 0 aliphatic heterocycles. The van der Waals surface area contributed by atoms with Crippen molar-refractivity contribution >= 4 is 27.9 Å². The van der Waals surface area contributed by atoms with Gasteiger partial charge < -0.3 is 19.7 Å². The highest BCUT2D eigenvalue weighted by molar-refractivity contribution is 6.07. The summed E-state index contributed by atoms with van der Waals surface area (Å²) in [5, 5.41) is 26.8. The molecule has 3 aromatic carbocycles. The van der Waals surface area contributed by atoms with Gasteiger partial charge >= 0.3 is 0 Å². The normalized spacial score (nSPS) is 11.8. The number of carbonyl (C=O) groups excluding carboxylic acids is 1. The molecule has 0 amide bonds. The van der Waals surface area contributed by atoms with Crippen LogP contribution in [0.15, 0.2) is 73.1 Å². The first-order chi connectivity index (χ1) is 15.9. The van der Waals surface area contributed by atoms with Gasteiger partial charge in [0.1, 0.15) is 24.1 Å². The average Bonchev–Trinajstić information content (AvgIpc) is 3.26. The van der Waals surface area contributed by atoms with Crippen molar-refractivity contribution in [3.63, 3.8) is 0 Å². The van der Waals surface area contributed by atoms with E-state index in [0.29, 0.717) is 5.75 Å². The van der Waals surface area contributed by atoms with Crippen LogP contribution in [-0.2, 0) is 7.05 Å². The Morgan fingerprint density at radius 2 is 2.00 bits per heavy atom. The Morgan fingerprint density at radius 3 is 2.76 bits per heavy atom. The number of nitro groups is 1. The number of aromatic nitrogens is 2. The van der Waals surface area contributed by atoms with Crippen LogP contribution in [0.4, 0.5) is 11.4 Å².